The number of aromatic nitrogens is 3. The van der Waals surface area contributed by atoms with Gasteiger partial charge in [-0.05, 0) is 18.4 Å². The molecule has 0 radical (unpaired) electrons. The van der Waals surface area contributed by atoms with E-state index < -0.39 is 0 Å². The lowest BCUT2D eigenvalue weighted by Crippen LogP contribution is -2.38. The summed E-state index contributed by atoms with van der Waals surface area (Å²) in [6.07, 6.45) is 1.53. The van der Waals surface area contributed by atoms with Crippen LogP contribution in [0, 0.1) is 11.8 Å². The van der Waals surface area contributed by atoms with Gasteiger partial charge >= 0.3 is 0 Å². The number of nitrogens with zero attached hydrogens (tertiary/aromatic N) is 4. The van der Waals surface area contributed by atoms with Crippen LogP contribution >= 0.6 is 0 Å². The minimum Gasteiger partial charge on any atom is -0.507 e. The number of amides is 1. The van der Waals surface area contributed by atoms with Crippen LogP contribution in [-0.2, 0) is 29.0 Å². The maximum Gasteiger partial charge on any atom is 0.226 e. The van der Waals surface area contributed by atoms with Crippen LogP contribution in [0.5, 0.6) is 11.5 Å². The summed E-state index contributed by atoms with van der Waals surface area (Å²) in [7, 11) is 1.59. The fraction of sp³-hybridized carbons (Fsp3) is 0.609. The lowest BCUT2D eigenvalue weighted by molar-refractivity contribution is -0.126. The number of ether oxygens (including phenoxy) is 2. The zero-order valence-corrected chi connectivity index (χ0v) is 19.1. The maximum absolute atomic E-state index is 12.7. The van der Waals surface area contributed by atoms with Crippen molar-refractivity contribution < 1.29 is 19.4 Å². The second-order valence-electron chi connectivity index (χ2n) is 8.94. The number of hydrogen-bond donors (Lipinski definition) is 2. The van der Waals surface area contributed by atoms with E-state index in [0.717, 1.165) is 49.7 Å². The highest BCUT2D eigenvalue weighted by Gasteiger charge is 2.31. The Morgan fingerprint density at radius 3 is 2.84 bits per heavy atom. The van der Waals surface area contributed by atoms with Gasteiger partial charge in [-0.3, -0.25) is 9.69 Å². The quantitative estimate of drug-likeness (QED) is 0.674. The van der Waals surface area contributed by atoms with Crippen LogP contribution in [0.25, 0.3) is 0 Å². The van der Waals surface area contributed by atoms with Gasteiger partial charge in [0.15, 0.2) is 5.82 Å². The van der Waals surface area contributed by atoms with Gasteiger partial charge < -0.3 is 24.5 Å². The molecule has 0 saturated carbocycles. The van der Waals surface area contributed by atoms with E-state index in [2.05, 4.69) is 38.8 Å². The largest absolute Gasteiger partial charge is 0.507 e. The van der Waals surface area contributed by atoms with Crippen LogP contribution in [0.15, 0.2) is 18.2 Å². The van der Waals surface area contributed by atoms with Crippen LogP contribution < -0.4 is 10.1 Å². The van der Waals surface area contributed by atoms with Crippen molar-refractivity contribution in [3.63, 3.8) is 0 Å². The van der Waals surface area contributed by atoms with Crippen molar-refractivity contribution in [1.29, 1.82) is 0 Å². The highest BCUT2D eigenvalue weighted by atomic mass is 16.5. The molecule has 4 rings (SSSR count). The minimum atomic E-state index is -0.193. The van der Waals surface area contributed by atoms with Crippen molar-refractivity contribution in [2.45, 2.75) is 45.8 Å². The molecule has 1 amide bonds. The van der Waals surface area contributed by atoms with Crippen molar-refractivity contribution in [3.05, 3.63) is 35.4 Å². The molecular weight excluding hydrogens is 410 g/mol. The predicted molar refractivity (Wildman–Crippen MR) is 118 cm³/mol. The molecular formula is C23H33N5O4. The van der Waals surface area contributed by atoms with E-state index in [0.29, 0.717) is 25.5 Å². The smallest absolute Gasteiger partial charge is 0.226 e. The number of nitrogens with one attached hydrogen (secondary N) is 1. The molecule has 0 spiro atoms. The van der Waals surface area contributed by atoms with Gasteiger partial charge in [-0.15, -0.1) is 10.2 Å². The van der Waals surface area contributed by atoms with Crippen LogP contribution in [0.2, 0.25) is 0 Å². The molecule has 3 heterocycles. The molecule has 0 aliphatic carbocycles. The standard InChI is InChI=1S/C23H33N5O4/c1-15(2)21(24-23(30)17-7-11-32-14-17)22-26-25-20-6-8-27(9-10-28(20)22)13-16-4-5-18(31-3)12-19(16)29/h4-5,12,15,17,21,29H,6-11,13-14H2,1-3H3,(H,24,30). The normalized spacial score (nSPS) is 20.1. The molecule has 9 nitrogen and oxygen atoms in total. The molecule has 2 N–H and O–H groups in total. The number of benzene rings is 1. The molecule has 1 aromatic carbocycles. The molecule has 2 atom stereocenters. The summed E-state index contributed by atoms with van der Waals surface area (Å²) in [6, 6.07) is 5.22. The Morgan fingerprint density at radius 1 is 1.31 bits per heavy atom. The second-order valence-corrected chi connectivity index (χ2v) is 8.94. The van der Waals surface area contributed by atoms with Gasteiger partial charge in [-0.25, -0.2) is 0 Å². The third-order valence-electron chi connectivity index (χ3n) is 6.38. The van der Waals surface area contributed by atoms with Crippen LogP contribution in [0.4, 0.5) is 0 Å². The molecule has 1 fully saturated rings. The van der Waals surface area contributed by atoms with Crippen molar-refractivity contribution in [2.75, 3.05) is 33.4 Å². The third kappa shape index (κ3) is 4.88. The van der Waals surface area contributed by atoms with Gasteiger partial charge in [-0.2, -0.15) is 0 Å². The van der Waals surface area contributed by atoms with Crippen LogP contribution in [0.1, 0.15) is 43.5 Å². The summed E-state index contributed by atoms with van der Waals surface area (Å²) < 4.78 is 12.7. The summed E-state index contributed by atoms with van der Waals surface area (Å²) >= 11 is 0. The Bertz CT molecular complexity index is 938. The third-order valence-corrected chi connectivity index (χ3v) is 6.38. The zero-order chi connectivity index (χ0) is 22.7. The van der Waals surface area contributed by atoms with Gasteiger partial charge in [0, 0.05) is 50.8 Å². The molecule has 2 unspecified atom stereocenters. The van der Waals surface area contributed by atoms with Gasteiger partial charge in [0.05, 0.1) is 25.7 Å². The van der Waals surface area contributed by atoms with Crippen molar-refractivity contribution in [1.82, 2.24) is 25.0 Å². The first-order valence-corrected chi connectivity index (χ1v) is 11.3. The first-order valence-electron chi connectivity index (χ1n) is 11.3. The molecule has 2 aromatic rings. The zero-order valence-electron chi connectivity index (χ0n) is 19.1. The SMILES string of the molecule is COc1ccc(CN2CCc3nnc(C(NC(=O)C4CCOC4)C(C)C)n3CC2)c(O)c1. The molecule has 2 aliphatic heterocycles. The molecule has 9 heteroatoms. The van der Waals surface area contributed by atoms with E-state index in [-0.39, 0.29) is 29.5 Å². The summed E-state index contributed by atoms with van der Waals surface area (Å²) in [4.78, 5) is 15.0. The number of fused-ring (bicyclic) bond motifs is 1. The first-order chi connectivity index (χ1) is 15.5. The topological polar surface area (TPSA) is 102 Å². The van der Waals surface area contributed by atoms with Crippen molar-refractivity contribution in [3.8, 4) is 11.5 Å². The van der Waals surface area contributed by atoms with E-state index in [9.17, 15) is 9.90 Å². The summed E-state index contributed by atoms with van der Waals surface area (Å²) in [5.41, 5.74) is 0.870. The number of rotatable bonds is 7. The van der Waals surface area contributed by atoms with E-state index in [1.807, 2.05) is 12.1 Å². The van der Waals surface area contributed by atoms with Crippen LogP contribution in [-0.4, -0.2) is 64.1 Å². The van der Waals surface area contributed by atoms with Gasteiger partial charge in [0.2, 0.25) is 5.91 Å². The lowest BCUT2D eigenvalue weighted by atomic mass is 10.0. The highest BCUT2D eigenvalue weighted by molar-refractivity contribution is 5.79. The number of hydrogen-bond acceptors (Lipinski definition) is 7. The molecule has 2 aliphatic rings. The average Bonchev–Trinajstić information content (AvgIpc) is 3.41. The molecule has 174 valence electrons. The molecule has 1 saturated heterocycles. The Kier molecular flexibility index (Phi) is 6.95. The highest BCUT2D eigenvalue weighted by Crippen LogP contribution is 2.27. The monoisotopic (exact) mass is 443 g/mol. The summed E-state index contributed by atoms with van der Waals surface area (Å²) in [6.45, 7) is 8.32. The summed E-state index contributed by atoms with van der Waals surface area (Å²) in [5.74, 6) is 2.77. The number of phenols is 1. The molecule has 32 heavy (non-hydrogen) atoms. The number of methoxy groups -OCH3 is 1. The number of carbonyl (C=O) groups excluding carboxylic acids is 1. The molecule has 1 aromatic heterocycles. The maximum atomic E-state index is 12.7. The Hall–Kier alpha value is -2.65. The Balaban J connectivity index is 1.45. The van der Waals surface area contributed by atoms with E-state index in [1.165, 1.54) is 0 Å². The lowest BCUT2D eigenvalue weighted by Gasteiger charge is -2.24. The second kappa shape index (κ2) is 9.87. The Labute approximate surface area is 188 Å². The van der Waals surface area contributed by atoms with Gasteiger partial charge in [-0.1, -0.05) is 19.9 Å². The fourth-order valence-corrected chi connectivity index (χ4v) is 4.36. The van der Waals surface area contributed by atoms with E-state index >= 15 is 0 Å². The van der Waals surface area contributed by atoms with Gasteiger partial charge in [0.25, 0.3) is 0 Å². The van der Waals surface area contributed by atoms with Crippen molar-refractivity contribution in [2.24, 2.45) is 11.8 Å². The van der Waals surface area contributed by atoms with Crippen LogP contribution in [0.3, 0.4) is 0 Å². The number of phenolic OH excluding ortho intramolecular Hbond substituents is 1. The van der Waals surface area contributed by atoms with E-state index in [1.54, 1.807) is 13.2 Å². The van der Waals surface area contributed by atoms with E-state index in [4.69, 9.17) is 9.47 Å². The summed E-state index contributed by atoms with van der Waals surface area (Å²) in [5, 5.41) is 22.5. The predicted octanol–water partition coefficient (Wildman–Crippen LogP) is 1.90. The van der Waals surface area contributed by atoms with Crippen molar-refractivity contribution >= 4 is 5.91 Å². The fourth-order valence-electron chi connectivity index (χ4n) is 4.36. The minimum absolute atomic E-state index is 0.0313. The van der Waals surface area contributed by atoms with Gasteiger partial charge in [0.1, 0.15) is 17.3 Å². The number of carbonyl (C=O) groups is 1. The first kappa shape index (κ1) is 22.5. The molecule has 0 bridgehead atoms. The Morgan fingerprint density at radius 2 is 2.16 bits per heavy atom. The number of aromatic hydroxyl groups is 1. The average molecular weight is 444 g/mol.